The van der Waals surface area contributed by atoms with Gasteiger partial charge in [0.2, 0.25) is 0 Å². The Morgan fingerprint density at radius 1 is 1.33 bits per heavy atom. The van der Waals surface area contributed by atoms with Gasteiger partial charge in [-0.1, -0.05) is 0 Å². The molecule has 2 N–H and O–H groups in total. The average molecular weight is 341 g/mol. The minimum Gasteiger partial charge on any atom is -0.348 e. The van der Waals surface area contributed by atoms with E-state index in [1.54, 1.807) is 23.7 Å². The maximum atomic E-state index is 4.68. The van der Waals surface area contributed by atoms with Crippen LogP contribution in [0.3, 0.4) is 0 Å². The molecule has 1 atom stereocenters. The normalized spacial score (nSPS) is 18.1. The third kappa shape index (κ3) is 3.29. The Morgan fingerprint density at radius 3 is 3.08 bits per heavy atom. The summed E-state index contributed by atoms with van der Waals surface area (Å²) in [7, 11) is 0. The number of thiazole rings is 1. The number of aryl methyl sites for hydroxylation is 1. The van der Waals surface area contributed by atoms with Gasteiger partial charge in [-0.15, -0.1) is 11.3 Å². The van der Waals surface area contributed by atoms with Crippen molar-refractivity contribution in [2.75, 3.05) is 11.9 Å². The summed E-state index contributed by atoms with van der Waals surface area (Å²) in [6, 6.07) is 2.34. The first-order valence-electron chi connectivity index (χ1n) is 8.02. The van der Waals surface area contributed by atoms with E-state index in [1.165, 1.54) is 6.42 Å². The van der Waals surface area contributed by atoms with Crippen molar-refractivity contribution in [2.45, 2.75) is 32.4 Å². The molecule has 0 radical (unpaired) electrons. The highest BCUT2D eigenvalue weighted by molar-refractivity contribution is 7.13. The van der Waals surface area contributed by atoms with E-state index in [0.29, 0.717) is 6.04 Å². The summed E-state index contributed by atoms with van der Waals surface area (Å²) in [6.07, 6.45) is 7.72. The molecule has 1 aliphatic rings. The maximum Gasteiger partial charge on any atom is 0.188 e. The van der Waals surface area contributed by atoms with E-state index in [0.717, 1.165) is 47.8 Å². The molecule has 1 saturated heterocycles. The van der Waals surface area contributed by atoms with Gasteiger partial charge in [-0.2, -0.15) is 0 Å². The number of hydrogen-bond donors (Lipinski definition) is 2. The van der Waals surface area contributed by atoms with Crippen molar-refractivity contribution in [3.63, 3.8) is 0 Å². The quantitative estimate of drug-likeness (QED) is 0.742. The third-order valence-electron chi connectivity index (χ3n) is 4.14. The lowest BCUT2D eigenvalue weighted by atomic mass is 10.1. The maximum absolute atomic E-state index is 4.68. The molecule has 4 heterocycles. The molecule has 3 aromatic heterocycles. The Morgan fingerprint density at radius 2 is 2.29 bits per heavy atom. The first-order valence-corrected chi connectivity index (χ1v) is 8.90. The van der Waals surface area contributed by atoms with Crippen molar-refractivity contribution in [3.05, 3.63) is 47.4 Å². The fourth-order valence-electron chi connectivity index (χ4n) is 3.15. The molecule has 24 heavy (non-hydrogen) atoms. The van der Waals surface area contributed by atoms with Crippen LogP contribution in [-0.4, -0.2) is 36.4 Å². The third-order valence-corrected chi connectivity index (χ3v) is 4.83. The molecule has 0 saturated carbocycles. The van der Waals surface area contributed by atoms with Crippen molar-refractivity contribution in [1.29, 1.82) is 0 Å². The highest BCUT2D eigenvalue weighted by Gasteiger charge is 2.28. The summed E-state index contributed by atoms with van der Waals surface area (Å²) < 4.78 is 0. The zero-order chi connectivity index (χ0) is 16.4. The number of aromatic nitrogens is 5. The van der Waals surface area contributed by atoms with Gasteiger partial charge in [0.25, 0.3) is 0 Å². The molecule has 7 nitrogen and oxygen atoms in total. The van der Waals surface area contributed by atoms with Crippen molar-refractivity contribution in [1.82, 2.24) is 29.8 Å². The summed E-state index contributed by atoms with van der Waals surface area (Å²) in [5.74, 6) is 2.57. The zero-order valence-electron chi connectivity index (χ0n) is 13.4. The molecule has 0 aromatic carbocycles. The summed E-state index contributed by atoms with van der Waals surface area (Å²) in [5, 5.41) is 6.06. The van der Waals surface area contributed by atoms with E-state index in [2.05, 4.69) is 35.1 Å². The van der Waals surface area contributed by atoms with E-state index in [-0.39, 0.29) is 0 Å². The predicted octanol–water partition coefficient (Wildman–Crippen LogP) is 3.05. The number of imidazole rings is 1. The minimum atomic E-state index is 0.300. The Balaban J connectivity index is 1.56. The second-order valence-electron chi connectivity index (χ2n) is 5.85. The number of rotatable bonds is 5. The molecule has 0 spiro atoms. The first kappa shape index (κ1) is 15.2. The van der Waals surface area contributed by atoms with Crippen LogP contribution in [0.2, 0.25) is 0 Å². The van der Waals surface area contributed by atoms with E-state index in [1.807, 2.05) is 24.6 Å². The zero-order valence-corrected chi connectivity index (χ0v) is 14.3. The smallest absolute Gasteiger partial charge is 0.188 e. The summed E-state index contributed by atoms with van der Waals surface area (Å²) >= 11 is 1.56. The number of anilines is 2. The predicted molar refractivity (Wildman–Crippen MR) is 93.1 cm³/mol. The topological polar surface area (TPSA) is 82.6 Å². The highest BCUT2D eigenvalue weighted by atomic mass is 32.1. The number of nitrogens with one attached hydrogen (secondary N) is 2. The van der Waals surface area contributed by atoms with Gasteiger partial charge in [-0.05, 0) is 26.3 Å². The van der Waals surface area contributed by atoms with Crippen LogP contribution in [-0.2, 0) is 6.54 Å². The highest BCUT2D eigenvalue weighted by Crippen LogP contribution is 2.33. The van der Waals surface area contributed by atoms with Crippen LogP contribution >= 0.6 is 11.3 Å². The molecule has 1 unspecified atom stereocenters. The van der Waals surface area contributed by atoms with Gasteiger partial charge in [-0.3, -0.25) is 4.90 Å². The fraction of sp³-hybridized carbons (Fsp3) is 0.375. The Bertz CT molecular complexity index is 785. The Kier molecular flexibility index (Phi) is 4.22. The van der Waals surface area contributed by atoms with E-state index in [4.69, 9.17) is 0 Å². The van der Waals surface area contributed by atoms with E-state index >= 15 is 0 Å². The summed E-state index contributed by atoms with van der Waals surface area (Å²) in [4.78, 5) is 23.4. The standard InChI is InChI=1S/C16H19N7S/c1-11-20-12(9-14(21-11)22-16-19-6-8-24-16)13-3-2-7-23(13)10-15-17-4-5-18-15/h4-6,8-9,13H,2-3,7,10H2,1H3,(H,17,18)(H,19,20,21,22). The van der Waals surface area contributed by atoms with Gasteiger partial charge >= 0.3 is 0 Å². The lowest BCUT2D eigenvalue weighted by molar-refractivity contribution is 0.238. The lowest BCUT2D eigenvalue weighted by Gasteiger charge is -2.23. The molecule has 0 bridgehead atoms. The van der Waals surface area contributed by atoms with Crippen molar-refractivity contribution in [2.24, 2.45) is 0 Å². The van der Waals surface area contributed by atoms with Crippen molar-refractivity contribution >= 4 is 22.3 Å². The number of hydrogen-bond acceptors (Lipinski definition) is 7. The van der Waals surface area contributed by atoms with Crippen LogP contribution in [0.5, 0.6) is 0 Å². The molecule has 1 fully saturated rings. The van der Waals surface area contributed by atoms with Crippen LogP contribution in [0.4, 0.5) is 10.9 Å². The van der Waals surface area contributed by atoms with Crippen molar-refractivity contribution < 1.29 is 0 Å². The Hall–Kier alpha value is -2.32. The number of likely N-dealkylation sites (tertiary alicyclic amines) is 1. The molecule has 0 aliphatic carbocycles. The second kappa shape index (κ2) is 6.66. The summed E-state index contributed by atoms with van der Waals surface area (Å²) in [6.45, 7) is 3.81. The van der Waals surface area contributed by atoms with E-state index < -0.39 is 0 Å². The minimum absolute atomic E-state index is 0.300. The van der Waals surface area contributed by atoms with Gasteiger partial charge < -0.3 is 10.3 Å². The van der Waals surface area contributed by atoms with Gasteiger partial charge in [0, 0.05) is 30.0 Å². The van der Waals surface area contributed by atoms with Crippen LogP contribution in [0, 0.1) is 6.92 Å². The van der Waals surface area contributed by atoms with Crippen LogP contribution in [0.25, 0.3) is 0 Å². The van der Waals surface area contributed by atoms with Crippen LogP contribution < -0.4 is 5.32 Å². The number of nitrogens with zero attached hydrogens (tertiary/aromatic N) is 5. The molecule has 4 rings (SSSR count). The fourth-order valence-corrected chi connectivity index (χ4v) is 3.68. The van der Waals surface area contributed by atoms with Gasteiger partial charge in [0.05, 0.1) is 18.3 Å². The molecular weight excluding hydrogens is 322 g/mol. The monoisotopic (exact) mass is 341 g/mol. The summed E-state index contributed by atoms with van der Waals surface area (Å²) in [5.41, 5.74) is 1.06. The molecule has 1 aliphatic heterocycles. The number of aromatic amines is 1. The average Bonchev–Trinajstić information content (AvgIpc) is 3.29. The first-order chi connectivity index (χ1) is 11.8. The molecule has 0 amide bonds. The van der Waals surface area contributed by atoms with Crippen LogP contribution in [0.15, 0.2) is 30.0 Å². The van der Waals surface area contributed by atoms with Crippen LogP contribution in [0.1, 0.15) is 36.2 Å². The van der Waals surface area contributed by atoms with E-state index in [9.17, 15) is 0 Å². The molecular formula is C16H19N7S. The second-order valence-corrected chi connectivity index (χ2v) is 6.75. The number of H-pyrrole nitrogens is 1. The van der Waals surface area contributed by atoms with Gasteiger partial charge in [-0.25, -0.2) is 19.9 Å². The molecule has 3 aromatic rings. The lowest BCUT2D eigenvalue weighted by Crippen LogP contribution is -2.24. The SMILES string of the molecule is Cc1nc(Nc2nccs2)cc(C2CCCN2Cc2ncc[nH]2)n1. The van der Waals surface area contributed by atoms with Gasteiger partial charge in [0.1, 0.15) is 17.5 Å². The molecule has 8 heteroatoms. The molecule has 124 valence electrons. The largest absolute Gasteiger partial charge is 0.348 e. The van der Waals surface area contributed by atoms with Gasteiger partial charge in [0.15, 0.2) is 5.13 Å². The Labute approximate surface area is 144 Å². The van der Waals surface area contributed by atoms with Crippen molar-refractivity contribution in [3.8, 4) is 0 Å².